The van der Waals surface area contributed by atoms with Crippen LogP contribution >= 0.6 is 11.8 Å². The van der Waals surface area contributed by atoms with Crippen LogP contribution in [-0.2, 0) is 0 Å². The minimum Gasteiger partial charge on any atom is -0.478 e. The molecule has 2 atom stereocenters. The van der Waals surface area contributed by atoms with Gasteiger partial charge in [0.25, 0.3) is 0 Å². The lowest BCUT2D eigenvalue weighted by atomic mass is 10.1. The molecule has 3 nitrogen and oxygen atoms in total. The molecule has 0 radical (unpaired) electrons. The van der Waals surface area contributed by atoms with Crippen molar-refractivity contribution in [3.05, 3.63) is 29.3 Å². The van der Waals surface area contributed by atoms with Crippen LogP contribution in [-0.4, -0.2) is 28.6 Å². The van der Waals surface area contributed by atoms with E-state index < -0.39 is 17.6 Å². The Bertz CT molecular complexity index is 473. The summed E-state index contributed by atoms with van der Waals surface area (Å²) < 4.78 is 27.5. The number of thioether (sulfide) groups is 1. The third-order valence-electron chi connectivity index (χ3n) is 3.36. The highest BCUT2D eigenvalue weighted by molar-refractivity contribution is 7.99. The molecule has 1 aliphatic carbocycles. The molecule has 19 heavy (non-hydrogen) atoms. The largest absolute Gasteiger partial charge is 0.478 e. The van der Waals surface area contributed by atoms with E-state index in [1.807, 2.05) is 6.26 Å². The molecule has 0 aromatic heterocycles. The third-order valence-corrected chi connectivity index (χ3v) is 4.45. The smallest absolute Gasteiger partial charge is 0.335 e. The molecule has 2 unspecified atom stereocenters. The van der Waals surface area contributed by atoms with Crippen LogP contribution in [0.4, 0.5) is 14.5 Å². The van der Waals surface area contributed by atoms with Gasteiger partial charge in [-0.2, -0.15) is 11.8 Å². The SMILES string of the molecule is CSC1CCC(Nc2c(F)cc(C(=O)O)cc2F)C1. The van der Waals surface area contributed by atoms with Gasteiger partial charge in [0.15, 0.2) is 0 Å². The Morgan fingerprint density at radius 3 is 2.47 bits per heavy atom. The number of anilines is 1. The number of halogens is 2. The Hall–Kier alpha value is -1.30. The van der Waals surface area contributed by atoms with Crippen molar-refractivity contribution in [2.45, 2.75) is 30.6 Å². The topological polar surface area (TPSA) is 49.3 Å². The molecule has 1 fully saturated rings. The van der Waals surface area contributed by atoms with Crippen molar-refractivity contribution < 1.29 is 18.7 Å². The fraction of sp³-hybridized carbons (Fsp3) is 0.462. The zero-order chi connectivity index (χ0) is 14.0. The van der Waals surface area contributed by atoms with Crippen molar-refractivity contribution in [3.63, 3.8) is 0 Å². The summed E-state index contributed by atoms with van der Waals surface area (Å²) in [6, 6.07) is 1.72. The average molecular weight is 287 g/mol. The molecular formula is C13H15F2NO2S. The Morgan fingerprint density at radius 1 is 1.37 bits per heavy atom. The minimum atomic E-state index is -1.34. The number of hydrogen-bond donors (Lipinski definition) is 2. The lowest BCUT2D eigenvalue weighted by molar-refractivity contribution is 0.0696. The highest BCUT2D eigenvalue weighted by atomic mass is 32.2. The van der Waals surface area contributed by atoms with Crippen LogP contribution in [0.5, 0.6) is 0 Å². The van der Waals surface area contributed by atoms with E-state index in [1.165, 1.54) is 0 Å². The first-order valence-electron chi connectivity index (χ1n) is 6.03. The first-order valence-corrected chi connectivity index (χ1v) is 7.31. The van der Waals surface area contributed by atoms with E-state index in [0.29, 0.717) is 5.25 Å². The highest BCUT2D eigenvalue weighted by Crippen LogP contribution is 2.31. The number of carboxylic acids is 1. The molecule has 2 N–H and O–H groups in total. The molecular weight excluding hydrogens is 272 g/mol. The molecule has 1 aliphatic rings. The van der Waals surface area contributed by atoms with Gasteiger partial charge in [0, 0.05) is 11.3 Å². The van der Waals surface area contributed by atoms with Gasteiger partial charge < -0.3 is 10.4 Å². The summed E-state index contributed by atoms with van der Waals surface area (Å²) in [5.41, 5.74) is -0.606. The van der Waals surface area contributed by atoms with E-state index in [2.05, 4.69) is 5.32 Å². The summed E-state index contributed by atoms with van der Waals surface area (Å²) in [7, 11) is 0. The number of rotatable bonds is 4. The van der Waals surface area contributed by atoms with E-state index >= 15 is 0 Å². The van der Waals surface area contributed by atoms with Crippen molar-refractivity contribution in [3.8, 4) is 0 Å². The maximum absolute atomic E-state index is 13.7. The standard InChI is InChI=1S/C13H15F2NO2S/c1-19-9-3-2-8(6-9)16-12-10(14)4-7(13(17)18)5-11(12)15/h4-5,8-9,16H,2-3,6H2,1H3,(H,17,18). The lowest BCUT2D eigenvalue weighted by Crippen LogP contribution is -2.18. The lowest BCUT2D eigenvalue weighted by Gasteiger charge is -2.16. The maximum atomic E-state index is 13.7. The van der Waals surface area contributed by atoms with Crippen molar-refractivity contribution >= 4 is 23.4 Å². The van der Waals surface area contributed by atoms with Gasteiger partial charge in [0.1, 0.15) is 17.3 Å². The van der Waals surface area contributed by atoms with Crippen LogP contribution in [0, 0.1) is 11.6 Å². The second-order valence-electron chi connectivity index (χ2n) is 4.63. The fourth-order valence-corrected chi connectivity index (χ4v) is 3.12. The van der Waals surface area contributed by atoms with Gasteiger partial charge in [0.05, 0.1) is 5.56 Å². The summed E-state index contributed by atoms with van der Waals surface area (Å²) in [6.07, 6.45) is 4.77. The first kappa shape index (κ1) is 14.1. The van der Waals surface area contributed by atoms with Gasteiger partial charge in [-0.1, -0.05) is 0 Å². The Kier molecular flexibility index (Phi) is 4.29. The number of nitrogens with one attached hydrogen (secondary N) is 1. The van der Waals surface area contributed by atoms with Crippen LogP contribution in [0.1, 0.15) is 29.6 Å². The van der Waals surface area contributed by atoms with E-state index in [1.54, 1.807) is 11.8 Å². The highest BCUT2D eigenvalue weighted by Gasteiger charge is 2.25. The van der Waals surface area contributed by atoms with Crippen LogP contribution < -0.4 is 5.32 Å². The minimum absolute atomic E-state index is 0.0390. The molecule has 104 valence electrons. The molecule has 2 rings (SSSR count). The summed E-state index contributed by atoms with van der Waals surface area (Å²) in [5.74, 6) is -3.05. The molecule has 1 saturated carbocycles. The van der Waals surface area contributed by atoms with E-state index in [4.69, 9.17) is 5.11 Å². The fourth-order valence-electron chi connectivity index (χ4n) is 2.32. The van der Waals surface area contributed by atoms with Crippen molar-refractivity contribution in [2.24, 2.45) is 0 Å². The summed E-state index contributed by atoms with van der Waals surface area (Å²) in [4.78, 5) is 10.7. The van der Waals surface area contributed by atoms with Gasteiger partial charge in [-0.3, -0.25) is 0 Å². The average Bonchev–Trinajstić information content (AvgIpc) is 2.81. The molecule has 0 bridgehead atoms. The Morgan fingerprint density at radius 2 is 2.00 bits per heavy atom. The molecule has 0 saturated heterocycles. The second-order valence-corrected chi connectivity index (χ2v) is 5.77. The summed E-state index contributed by atoms with van der Waals surface area (Å²) >= 11 is 1.76. The number of carboxylic acid groups (broad SMARTS) is 1. The normalized spacial score (nSPS) is 22.5. The molecule has 0 aliphatic heterocycles. The molecule has 6 heteroatoms. The monoisotopic (exact) mass is 287 g/mol. The van der Waals surface area contributed by atoms with Gasteiger partial charge in [-0.05, 0) is 37.7 Å². The number of aromatic carboxylic acids is 1. The quantitative estimate of drug-likeness (QED) is 0.891. The molecule has 0 heterocycles. The van der Waals surface area contributed by atoms with Crippen molar-refractivity contribution in [1.82, 2.24) is 0 Å². The van der Waals surface area contributed by atoms with Crippen LogP contribution in [0.15, 0.2) is 12.1 Å². The van der Waals surface area contributed by atoms with Crippen LogP contribution in [0.25, 0.3) is 0 Å². The second kappa shape index (κ2) is 5.77. The first-order chi connectivity index (χ1) is 9.01. The third kappa shape index (κ3) is 3.18. The predicted octanol–water partition coefficient (Wildman–Crippen LogP) is 3.36. The van der Waals surface area contributed by atoms with Gasteiger partial charge in [-0.15, -0.1) is 0 Å². The number of hydrogen-bond acceptors (Lipinski definition) is 3. The molecule has 0 spiro atoms. The van der Waals surface area contributed by atoms with E-state index in [9.17, 15) is 13.6 Å². The van der Waals surface area contributed by atoms with E-state index in [0.717, 1.165) is 31.4 Å². The molecule has 1 aromatic carbocycles. The van der Waals surface area contributed by atoms with Crippen molar-refractivity contribution in [2.75, 3.05) is 11.6 Å². The summed E-state index contributed by atoms with van der Waals surface area (Å²) in [6.45, 7) is 0. The summed E-state index contributed by atoms with van der Waals surface area (Å²) in [5, 5.41) is 12.1. The number of carbonyl (C=O) groups is 1. The molecule has 1 aromatic rings. The van der Waals surface area contributed by atoms with Gasteiger partial charge in [-0.25, -0.2) is 13.6 Å². The Labute approximate surface area is 114 Å². The predicted molar refractivity (Wildman–Crippen MR) is 71.9 cm³/mol. The van der Waals surface area contributed by atoms with Gasteiger partial charge in [0.2, 0.25) is 0 Å². The van der Waals surface area contributed by atoms with Gasteiger partial charge >= 0.3 is 5.97 Å². The van der Waals surface area contributed by atoms with Crippen LogP contribution in [0.3, 0.4) is 0 Å². The van der Waals surface area contributed by atoms with Crippen molar-refractivity contribution in [1.29, 1.82) is 0 Å². The maximum Gasteiger partial charge on any atom is 0.335 e. The number of benzene rings is 1. The van der Waals surface area contributed by atoms with E-state index in [-0.39, 0.29) is 17.3 Å². The zero-order valence-electron chi connectivity index (χ0n) is 10.5. The Balaban J connectivity index is 2.15. The van der Waals surface area contributed by atoms with Crippen LogP contribution in [0.2, 0.25) is 0 Å². The molecule has 0 amide bonds. The zero-order valence-corrected chi connectivity index (χ0v) is 11.3.